The standard InChI is InChI=1S/C9H16N4O/c1-3-10-5-6-11-9(14)8-4-7-13(2)12-8/h4,7,10H,3,5-6H2,1-2H3,(H,11,14). The Hall–Kier alpha value is -1.36. The van der Waals surface area contributed by atoms with Gasteiger partial charge in [0.25, 0.3) is 5.91 Å². The average molecular weight is 196 g/mol. The fourth-order valence-corrected chi connectivity index (χ4v) is 1.07. The Morgan fingerprint density at radius 3 is 2.93 bits per heavy atom. The van der Waals surface area contributed by atoms with Gasteiger partial charge in [-0.25, -0.2) is 0 Å². The lowest BCUT2D eigenvalue weighted by molar-refractivity contribution is 0.0948. The minimum Gasteiger partial charge on any atom is -0.349 e. The number of likely N-dealkylation sites (N-methyl/N-ethyl adjacent to an activating group) is 1. The highest BCUT2D eigenvalue weighted by Crippen LogP contribution is 1.92. The van der Waals surface area contributed by atoms with Gasteiger partial charge in [-0.1, -0.05) is 6.92 Å². The van der Waals surface area contributed by atoms with Gasteiger partial charge in [0.15, 0.2) is 0 Å². The van der Waals surface area contributed by atoms with Crippen molar-refractivity contribution in [3.63, 3.8) is 0 Å². The van der Waals surface area contributed by atoms with Crippen LogP contribution in [0.15, 0.2) is 12.3 Å². The summed E-state index contributed by atoms with van der Waals surface area (Å²) in [5, 5.41) is 9.88. The molecule has 5 heteroatoms. The first-order chi connectivity index (χ1) is 6.74. The van der Waals surface area contributed by atoms with Crippen molar-refractivity contribution in [3.05, 3.63) is 18.0 Å². The molecule has 0 saturated heterocycles. The molecule has 0 aliphatic heterocycles. The predicted octanol–water partition coefficient (Wildman–Crippen LogP) is -0.241. The molecule has 0 radical (unpaired) electrons. The van der Waals surface area contributed by atoms with Crippen LogP contribution in [0.2, 0.25) is 0 Å². The Balaban J connectivity index is 2.29. The van der Waals surface area contributed by atoms with E-state index in [2.05, 4.69) is 15.7 Å². The summed E-state index contributed by atoms with van der Waals surface area (Å²) in [7, 11) is 1.79. The van der Waals surface area contributed by atoms with E-state index in [0.29, 0.717) is 12.2 Å². The van der Waals surface area contributed by atoms with Gasteiger partial charge in [-0.3, -0.25) is 9.48 Å². The summed E-state index contributed by atoms with van der Waals surface area (Å²) in [4.78, 5) is 11.4. The number of amides is 1. The van der Waals surface area contributed by atoms with Gasteiger partial charge in [-0.2, -0.15) is 5.10 Å². The number of rotatable bonds is 5. The van der Waals surface area contributed by atoms with Crippen LogP contribution in [0.25, 0.3) is 0 Å². The number of carbonyl (C=O) groups is 1. The van der Waals surface area contributed by atoms with E-state index < -0.39 is 0 Å². The number of aromatic nitrogens is 2. The number of hydrogen-bond donors (Lipinski definition) is 2. The van der Waals surface area contributed by atoms with Crippen LogP contribution in [0.3, 0.4) is 0 Å². The SMILES string of the molecule is CCNCCNC(=O)c1ccn(C)n1. The molecule has 1 rings (SSSR count). The molecular weight excluding hydrogens is 180 g/mol. The molecule has 1 amide bonds. The van der Waals surface area contributed by atoms with E-state index >= 15 is 0 Å². The molecule has 1 heterocycles. The molecule has 0 atom stereocenters. The Kier molecular flexibility index (Phi) is 4.12. The summed E-state index contributed by atoms with van der Waals surface area (Å²) in [5.74, 6) is -0.122. The van der Waals surface area contributed by atoms with E-state index in [-0.39, 0.29) is 5.91 Å². The molecule has 0 aliphatic rings. The van der Waals surface area contributed by atoms with Crippen molar-refractivity contribution < 1.29 is 4.79 Å². The quantitative estimate of drug-likeness (QED) is 0.639. The van der Waals surface area contributed by atoms with Crippen LogP contribution in [-0.4, -0.2) is 35.3 Å². The highest BCUT2D eigenvalue weighted by atomic mass is 16.1. The van der Waals surface area contributed by atoms with E-state index in [1.54, 1.807) is 24.0 Å². The Morgan fingerprint density at radius 2 is 2.36 bits per heavy atom. The van der Waals surface area contributed by atoms with Gasteiger partial charge < -0.3 is 10.6 Å². The average Bonchev–Trinajstić information content (AvgIpc) is 2.59. The molecule has 0 spiro atoms. The fourth-order valence-electron chi connectivity index (χ4n) is 1.07. The van der Waals surface area contributed by atoms with E-state index in [4.69, 9.17) is 0 Å². The van der Waals surface area contributed by atoms with Crippen LogP contribution >= 0.6 is 0 Å². The number of hydrogen-bond acceptors (Lipinski definition) is 3. The third-order valence-corrected chi connectivity index (χ3v) is 1.78. The van der Waals surface area contributed by atoms with Crippen LogP contribution in [-0.2, 0) is 7.05 Å². The van der Waals surface area contributed by atoms with Crippen molar-refractivity contribution in [2.75, 3.05) is 19.6 Å². The molecule has 0 aromatic carbocycles. The molecule has 78 valence electrons. The van der Waals surface area contributed by atoms with E-state index in [9.17, 15) is 4.79 Å². The normalized spacial score (nSPS) is 10.1. The van der Waals surface area contributed by atoms with Crippen molar-refractivity contribution in [2.45, 2.75) is 6.92 Å². The number of nitrogens with zero attached hydrogens (tertiary/aromatic N) is 2. The molecule has 0 bridgehead atoms. The molecule has 2 N–H and O–H groups in total. The first kappa shape index (κ1) is 10.7. The maximum absolute atomic E-state index is 11.4. The van der Waals surface area contributed by atoms with Gasteiger partial charge in [-0.05, 0) is 12.6 Å². The Morgan fingerprint density at radius 1 is 1.57 bits per heavy atom. The molecular formula is C9H16N4O. The van der Waals surface area contributed by atoms with Crippen LogP contribution < -0.4 is 10.6 Å². The third kappa shape index (κ3) is 3.18. The van der Waals surface area contributed by atoms with Gasteiger partial charge in [0.2, 0.25) is 0 Å². The van der Waals surface area contributed by atoms with Crippen molar-refractivity contribution in [2.24, 2.45) is 7.05 Å². The highest BCUT2D eigenvalue weighted by molar-refractivity contribution is 5.92. The first-order valence-corrected chi connectivity index (χ1v) is 4.72. The van der Waals surface area contributed by atoms with E-state index in [1.807, 2.05) is 6.92 Å². The minimum absolute atomic E-state index is 0.122. The van der Waals surface area contributed by atoms with E-state index in [1.165, 1.54) is 0 Å². The van der Waals surface area contributed by atoms with Crippen molar-refractivity contribution >= 4 is 5.91 Å². The van der Waals surface area contributed by atoms with Crippen molar-refractivity contribution in [3.8, 4) is 0 Å². The molecule has 0 unspecified atom stereocenters. The summed E-state index contributed by atoms with van der Waals surface area (Å²) in [5.41, 5.74) is 0.462. The van der Waals surface area contributed by atoms with Gasteiger partial charge >= 0.3 is 0 Å². The van der Waals surface area contributed by atoms with Gasteiger partial charge in [0.1, 0.15) is 5.69 Å². The smallest absolute Gasteiger partial charge is 0.271 e. The third-order valence-electron chi connectivity index (χ3n) is 1.78. The summed E-state index contributed by atoms with van der Waals surface area (Å²) >= 11 is 0. The molecule has 5 nitrogen and oxygen atoms in total. The van der Waals surface area contributed by atoms with Crippen molar-refractivity contribution in [1.82, 2.24) is 20.4 Å². The molecule has 1 aromatic heterocycles. The lowest BCUT2D eigenvalue weighted by Gasteiger charge is -2.02. The van der Waals surface area contributed by atoms with Crippen LogP contribution in [0.4, 0.5) is 0 Å². The maximum atomic E-state index is 11.4. The largest absolute Gasteiger partial charge is 0.349 e. The van der Waals surface area contributed by atoms with Gasteiger partial charge in [0, 0.05) is 26.3 Å². The van der Waals surface area contributed by atoms with Gasteiger partial charge in [-0.15, -0.1) is 0 Å². The summed E-state index contributed by atoms with van der Waals surface area (Å²) in [6.45, 7) is 4.36. The van der Waals surface area contributed by atoms with Crippen LogP contribution in [0, 0.1) is 0 Å². The van der Waals surface area contributed by atoms with E-state index in [0.717, 1.165) is 13.1 Å². The fraction of sp³-hybridized carbons (Fsp3) is 0.556. The number of nitrogens with one attached hydrogen (secondary N) is 2. The number of carbonyl (C=O) groups excluding carboxylic acids is 1. The highest BCUT2D eigenvalue weighted by Gasteiger charge is 2.06. The minimum atomic E-state index is -0.122. The van der Waals surface area contributed by atoms with Gasteiger partial charge in [0.05, 0.1) is 0 Å². The zero-order valence-corrected chi connectivity index (χ0v) is 8.58. The Labute approximate surface area is 83.5 Å². The topological polar surface area (TPSA) is 58.9 Å². The molecule has 0 aliphatic carbocycles. The summed E-state index contributed by atoms with van der Waals surface area (Å²) < 4.78 is 1.61. The lowest BCUT2D eigenvalue weighted by atomic mass is 10.4. The number of aryl methyl sites for hydroxylation is 1. The molecule has 1 aromatic rings. The zero-order valence-electron chi connectivity index (χ0n) is 8.58. The second-order valence-electron chi connectivity index (χ2n) is 2.98. The summed E-state index contributed by atoms with van der Waals surface area (Å²) in [6.07, 6.45) is 1.75. The maximum Gasteiger partial charge on any atom is 0.271 e. The lowest BCUT2D eigenvalue weighted by Crippen LogP contribution is -2.31. The van der Waals surface area contributed by atoms with Crippen LogP contribution in [0.1, 0.15) is 17.4 Å². The molecule has 0 fully saturated rings. The predicted molar refractivity (Wildman–Crippen MR) is 54.1 cm³/mol. The van der Waals surface area contributed by atoms with Crippen LogP contribution in [0.5, 0.6) is 0 Å². The second-order valence-corrected chi connectivity index (χ2v) is 2.98. The molecule has 14 heavy (non-hydrogen) atoms. The zero-order chi connectivity index (χ0) is 10.4. The van der Waals surface area contributed by atoms with Crippen molar-refractivity contribution in [1.29, 1.82) is 0 Å². The summed E-state index contributed by atoms with van der Waals surface area (Å²) in [6, 6.07) is 1.70. The monoisotopic (exact) mass is 196 g/mol. The second kappa shape index (κ2) is 5.39. The first-order valence-electron chi connectivity index (χ1n) is 4.72. The molecule has 0 saturated carbocycles. The Bertz CT molecular complexity index is 295.